The lowest BCUT2D eigenvalue weighted by molar-refractivity contribution is 0.00578. The molecule has 3 N–H and O–H groups in total. The molecular formula is C29H33BN2O5. The molecule has 0 unspecified atom stereocenters. The van der Waals surface area contributed by atoms with Crippen molar-refractivity contribution in [1.82, 2.24) is 5.32 Å². The zero-order chi connectivity index (χ0) is 26.5. The molecule has 0 aromatic heterocycles. The SMILES string of the molecule is CC1(C)OB(C(=Cc2ccc(Oc3ccc(N)cc3)cc2)CNC(=O)OCc2ccccc2)OC1(C)C. The summed E-state index contributed by atoms with van der Waals surface area (Å²) in [6, 6.07) is 24.4. The van der Waals surface area contributed by atoms with Gasteiger partial charge in [-0.05, 0) is 80.7 Å². The molecule has 3 aromatic carbocycles. The standard InChI is InChI=1S/C29H33BN2O5/c1-28(2)29(3,4)37-30(36-28)23(19-32-27(33)34-20-22-8-6-5-7-9-22)18-21-10-14-25(15-11-21)35-26-16-12-24(31)13-17-26/h5-18H,19-20,31H2,1-4H3,(H,32,33). The van der Waals surface area contributed by atoms with Crippen LogP contribution >= 0.6 is 0 Å². The molecule has 1 fully saturated rings. The molecule has 7 nitrogen and oxygen atoms in total. The molecule has 0 spiro atoms. The van der Waals surface area contributed by atoms with E-state index in [-0.39, 0.29) is 13.2 Å². The molecule has 1 amide bonds. The molecule has 8 heteroatoms. The summed E-state index contributed by atoms with van der Waals surface area (Å²) >= 11 is 0. The van der Waals surface area contributed by atoms with E-state index in [9.17, 15) is 4.79 Å². The number of benzene rings is 3. The molecule has 4 rings (SSSR count). The van der Waals surface area contributed by atoms with Crippen molar-refractivity contribution in [2.75, 3.05) is 12.3 Å². The van der Waals surface area contributed by atoms with E-state index in [2.05, 4.69) is 5.32 Å². The fourth-order valence-corrected chi connectivity index (χ4v) is 3.66. The van der Waals surface area contributed by atoms with Crippen molar-refractivity contribution in [2.45, 2.75) is 45.5 Å². The summed E-state index contributed by atoms with van der Waals surface area (Å²) < 4.78 is 23.8. The maximum absolute atomic E-state index is 12.4. The third-order valence-electron chi connectivity index (χ3n) is 6.55. The summed E-state index contributed by atoms with van der Waals surface area (Å²) in [5.74, 6) is 1.40. The number of nitrogens with one attached hydrogen (secondary N) is 1. The van der Waals surface area contributed by atoms with Crippen molar-refractivity contribution in [1.29, 1.82) is 0 Å². The molecule has 1 aliphatic heterocycles. The lowest BCUT2D eigenvalue weighted by atomic mass is 9.77. The number of alkyl carbamates (subject to hydrolysis) is 1. The van der Waals surface area contributed by atoms with Gasteiger partial charge in [0, 0.05) is 12.2 Å². The van der Waals surface area contributed by atoms with Gasteiger partial charge >= 0.3 is 13.2 Å². The second-order valence-corrected chi connectivity index (χ2v) is 9.96. The van der Waals surface area contributed by atoms with Crippen molar-refractivity contribution < 1.29 is 23.6 Å². The second-order valence-electron chi connectivity index (χ2n) is 9.96. The summed E-state index contributed by atoms with van der Waals surface area (Å²) in [7, 11) is -0.620. The van der Waals surface area contributed by atoms with Crippen molar-refractivity contribution in [3.05, 3.63) is 95.5 Å². The van der Waals surface area contributed by atoms with Crippen LogP contribution in [0, 0.1) is 0 Å². The van der Waals surface area contributed by atoms with Crippen LogP contribution in [0.15, 0.2) is 84.3 Å². The third-order valence-corrected chi connectivity index (χ3v) is 6.55. The zero-order valence-electron chi connectivity index (χ0n) is 21.7. The minimum atomic E-state index is -0.620. The molecular weight excluding hydrogens is 467 g/mol. The van der Waals surface area contributed by atoms with Crippen LogP contribution < -0.4 is 15.8 Å². The summed E-state index contributed by atoms with van der Waals surface area (Å²) in [6.07, 6.45) is 1.44. The Bertz CT molecular complexity index is 1210. The fraction of sp³-hybridized carbons (Fsp3) is 0.276. The molecule has 0 aliphatic carbocycles. The number of hydrogen-bond acceptors (Lipinski definition) is 6. The zero-order valence-corrected chi connectivity index (χ0v) is 21.7. The Balaban J connectivity index is 1.46. The van der Waals surface area contributed by atoms with Crippen LogP contribution in [0.4, 0.5) is 10.5 Å². The van der Waals surface area contributed by atoms with Gasteiger partial charge in [-0.15, -0.1) is 0 Å². The molecule has 0 atom stereocenters. The average Bonchev–Trinajstić information content (AvgIpc) is 3.10. The van der Waals surface area contributed by atoms with E-state index < -0.39 is 24.4 Å². The predicted molar refractivity (Wildman–Crippen MR) is 146 cm³/mol. The van der Waals surface area contributed by atoms with Crippen molar-refractivity contribution in [3.63, 3.8) is 0 Å². The lowest BCUT2D eigenvalue weighted by Crippen LogP contribution is -2.41. The number of rotatable bonds is 8. The minimum absolute atomic E-state index is 0.192. The van der Waals surface area contributed by atoms with Crippen molar-refractivity contribution >= 4 is 25.0 Å². The monoisotopic (exact) mass is 500 g/mol. The van der Waals surface area contributed by atoms with Gasteiger partial charge < -0.3 is 29.8 Å². The van der Waals surface area contributed by atoms with Crippen LogP contribution in [0.3, 0.4) is 0 Å². The smallest absolute Gasteiger partial charge is 0.457 e. The normalized spacial score (nSPS) is 16.3. The second kappa shape index (κ2) is 11.1. The van der Waals surface area contributed by atoms with Crippen LogP contribution in [0.5, 0.6) is 11.5 Å². The highest BCUT2D eigenvalue weighted by molar-refractivity contribution is 6.56. The maximum atomic E-state index is 12.4. The highest BCUT2D eigenvalue weighted by Crippen LogP contribution is 2.38. The Hall–Kier alpha value is -3.75. The molecule has 0 bridgehead atoms. The Kier molecular flexibility index (Phi) is 7.90. The van der Waals surface area contributed by atoms with Crippen molar-refractivity contribution in [2.24, 2.45) is 0 Å². The Morgan fingerprint density at radius 1 is 0.892 bits per heavy atom. The average molecular weight is 500 g/mol. The largest absolute Gasteiger partial charge is 0.492 e. The van der Waals surface area contributed by atoms with E-state index in [1.807, 2.05) is 101 Å². The number of nitrogen functional groups attached to an aromatic ring is 1. The van der Waals surface area contributed by atoms with E-state index in [0.717, 1.165) is 16.6 Å². The summed E-state index contributed by atoms with van der Waals surface area (Å²) in [5.41, 5.74) is 7.99. The number of hydrogen-bond donors (Lipinski definition) is 2. The molecule has 37 heavy (non-hydrogen) atoms. The van der Waals surface area contributed by atoms with E-state index in [1.54, 1.807) is 12.1 Å². The topological polar surface area (TPSA) is 92.0 Å². The predicted octanol–water partition coefficient (Wildman–Crippen LogP) is 6.00. The van der Waals surface area contributed by atoms with Gasteiger partial charge in [-0.1, -0.05) is 48.5 Å². The van der Waals surface area contributed by atoms with Crippen molar-refractivity contribution in [3.8, 4) is 11.5 Å². The Morgan fingerprint density at radius 3 is 2.05 bits per heavy atom. The van der Waals surface area contributed by atoms with E-state index in [4.69, 9.17) is 24.5 Å². The summed E-state index contributed by atoms with van der Waals surface area (Å²) in [5, 5.41) is 2.83. The van der Waals surface area contributed by atoms with Crippen LogP contribution in [-0.2, 0) is 20.7 Å². The summed E-state index contributed by atoms with van der Waals surface area (Å²) in [4.78, 5) is 12.4. The van der Waals surface area contributed by atoms with Gasteiger partial charge in [0.2, 0.25) is 0 Å². The number of ether oxygens (including phenoxy) is 2. The highest BCUT2D eigenvalue weighted by Gasteiger charge is 2.52. The minimum Gasteiger partial charge on any atom is -0.457 e. The van der Waals surface area contributed by atoms with Gasteiger partial charge in [-0.2, -0.15) is 0 Å². The highest BCUT2D eigenvalue weighted by atomic mass is 16.7. The Morgan fingerprint density at radius 2 is 1.46 bits per heavy atom. The van der Waals surface area contributed by atoms with Gasteiger partial charge in [0.15, 0.2) is 0 Å². The molecule has 0 saturated carbocycles. The van der Waals surface area contributed by atoms with Gasteiger partial charge in [-0.25, -0.2) is 4.79 Å². The van der Waals surface area contributed by atoms with E-state index in [1.165, 1.54) is 0 Å². The Labute approximate surface area is 218 Å². The van der Waals surface area contributed by atoms with Gasteiger partial charge in [0.25, 0.3) is 0 Å². The number of carbonyl (C=O) groups is 1. The molecule has 3 aromatic rings. The van der Waals surface area contributed by atoms with Crippen LogP contribution in [-0.4, -0.2) is 31.0 Å². The van der Waals surface area contributed by atoms with Crippen LogP contribution in [0.1, 0.15) is 38.8 Å². The molecule has 0 radical (unpaired) electrons. The number of anilines is 1. The van der Waals surface area contributed by atoms with Gasteiger partial charge in [-0.3, -0.25) is 0 Å². The van der Waals surface area contributed by atoms with Crippen LogP contribution in [0.2, 0.25) is 0 Å². The van der Waals surface area contributed by atoms with Gasteiger partial charge in [0.1, 0.15) is 18.1 Å². The maximum Gasteiger partial charge on any atom is 0.492 e. The summed E-state index contributed by atoms with van der Waals surface area (Å²) in [6.45, 7) is 8.38. The van der Waals surface area contributed by atoms with Crippen LogP contribution in [0.25, 0.3) is 6.08 Å². The fourth-order valence-electron chi connectivity index (χ4n) is 3.66. The molecule has 1 aliphatic rings. The first-order valence-corrected chi connectivity index (χ1v) is 12.3. The number of nitrogens with two attached hydrogens (primary N) is 1. The number of carbonyl (C=O) groups excluding carboxylic acids is 1. The molecule has 1 heterocycles. The number of amides is 1. The third kappa shape index (κ3) is 6.93. The van der Waals surface area contributed by atoms with E-state index >= 15 is 0 Å². The molecule has 1 saturated heterocycles. The first kappa shape index (κ1) is 26.3. The van der Waals surface area contributed by atoms with E-state index in [0.29, 0.717) is 17.2 Å². The first-order chi connectivity index (χ1) is 17.6. The van der Waals surface area contributed by atoms with Gasteiger partial charge in [0.05, 0.1) is 11.2 Å². The molecule has 192 valence electrons. The lowest BCUT2D eigenvalue weighted by Gasteiger charge is -2.32. The first-order valence-electron chi connectivity index (χ1n) is 12.3. The quantitative estimate of drug-likeness (QED) is 0.291.